The summed E-state index contributed by atoms with van der Waals surface area (Å²) >= 11 is 0. The third-order valence-electron chi connectivity index (χ3n) is 11.2. The van der Waals surface area contributed by atoms with Gasteiger partial charge in [0.05, 0.1) is 11.5 Å². The molecule has 0 amide bonds. The number of hydrogen-bond donors (Lipinski definition) is 5. The third kappa shape index (κ3) is 4.06. The average molecular weight is 455 g/mol. The van der Waals surface area contributed by atoms with Crippen molar-refractivity contribution in [2.75, 3.05) is 6.54 Å². The summed E-state index contributed by atoms with van der Waals surface area (Å²) in [6.07, 6.45) is 14.7. The quantitative estimate of drug-likeness (QED) is 0.450. The molecule has 3 heterocycles. The summed E-state index contributed by atoms with van der Waals surface area (Å²) in [7, 11) is 0. The van der Waals surface area contributed by atoms with Gasteiger partial charge in [-0.05, 0) is 107 Å². The second-order valence-corrected chi connectivity index (χ2v) is 13.1. The molecule has 9 atom stereocenters. The minimum Gasteiger partial charge on any atom is -0.312 e. The van der Waals surface area contributed by atoms with E-state index in [-0.39, 0.29) is 5.41 Å². The van der Waals surface area contributed by atoms with Crippen molar-refractivity contribution in [2.24, 2.45) is 40.9 Å². The van der Waals surface area contributed by atoms with Gasteiger partial charge in [0.25, 0.3) is 0 Å². The normalized spacial score (nSPS) is 50.2. The highest BCUT2D eigenvalue weighted by Crippen LogP contribution is 2.48. The smallest absolute Gasteiger partial charge is 0.0686 e. The highest BCUT2D eigenvalue weighted by atomic mass is 15.4. The minimum absolute atomic E-state index is 0.176. The zero-order valence-electron chi connectivity index (χ0n) is 20.8. The number of fused-ring (bicyclic) bond motifs is 4. The van der Waals surface area contributed by atoms with Gasteiger partial charge < -0.3 is 5.32 Å². The van der Waals surface area contributed by atoms with E-state index >= 15 is 0 Å². The number of nitrogens with one attached hydrogen (secondary N) is 5. The first-order chi connectivity index (χ1) is 16.0. The van der Waals surface area contributed by atoms with Crippen LogP contribution >= 0.6 is 0 Å². The summed E-state index contributed by atoms with van der Waals surface area (Å²) in [5.41, 5.74) is 14.9. The van der Waals surface area contributed by atoms with E-state index in [1.165, 1.54) is 70.6 Å². The van der Waals surface area contributed by atoms with Gasteiger partial charge in [0.2, 0.25) is 0 Å². The monoisotopic (exact) mass is 454 g/mol. The van der Waals surface area contributed by atoms with E-state index in [0.29, 0.717) is 36.1 Å². The molecular formula is C27H46N6. The third-order valence-corrected chi connectivity index (χ3v) is 11.2. The molecule has 6 rings (SSSR count). The summed E-state index contributed by atoms with van der Waals surface area (Å²) < 4.78 is 0. The number of piperidine rings is 1. The Morgan fingerprint density at radius 2 is 1.42 bits per heavy atom. The van der Waals surface area contributed by atoms with Crippen LogP contribution in [-0.2, 0) is 0 Å². The average Bonchev–Trinajstić information content (AvgIpc) is 3.48. The van der Waals surface area contributed by atoms with E-state index < -0.39 is 0 Å². The summed E-state index contributed by atoms with van der Waals surface area (Å²) in [6.45, 7) is 5.41. The lowest BCUT2D eigenvalue weighted by molar-refractivity contribution is 0.0516. The summed E-state index contributed by atoms with van der Waals surface area (Å²) in [5.74, 6) is 4.52. The fraction of sp³-hybridized carbons (Fsp3) is 0.963. The number of hydrogen-bond acceptors (Lipinski definition) is 6. The van der Waals surface area contributed by atoms with Crippen molar-refractivity contribution < 1.29 is 0 Å². The molecule has 0 spiro atoms. The molecule has 0 bridgehead atoms. The number of hydrazine groups is 2. The van der Waals surface area contributed by atoms with Gasteiger partial charge in [-0.2, -0.15) is 5.26 Å². The Balaban J connectivity index is 1.14. The van der Waals surface area contributed by atoms with Gasteiger partial charge >= 0.3 is 0 Å². The van der Waals surface area contributed by atoms with Crippen molar-refractivity contribution in [3.05, 3.63) is 0 Å². The molecule has 6 nitrogen and oxygen atoms in total. The van der Waals surface area contributed by atoms with E-state index in [9.17, 15) is 5.26 Å². The Hall–Kier alpha value is -0.710. The van der Waals surface area contributed by atoms with Crippen LogP contribution in [0.1, 0.15) is 84.5 Å². The van der Waals surface area contributed by atoms with Gasteiger partial charge in [0, 0.05) is 36.8 Å². The van der Waals surface area contributed by atoms with Gasteiger partial charge in [-0.1, -0.05) is 12.8 Å². The standard InChI is InChI=1S/C27H46N6/c1-27(2,15-28)18-10-7-16(8-11-18)26-24-20-13-17(9-12-21(20)29-14-23(24)31-33-26)25-19-5-3-4-6-22(19)30-32-25/h16-26,29-33H,3-14H2,1-2H3. The largest absolute Gasteiger partial charge is 0.312 e. The zero-order chi connectivity index (χ0) is 22.6. The predicted octanol–water partition coefficient (Wildman–Crippen LogP) is 3.23. The first-order valence-electron chi connectivity index (χ1n) is 14.2. The maximum Gasteiger partial charge on any atom is 0.0686 e. The summed E-state index contributed by atoms with van der Waals surface area (Å²) in [6, 6.07) is 5.86. The Labute approximate surface area is 200 Å². The van der Waals surface area contributed by atoms with E-state index in [1.54, 1.807) is 0 Å². The fourth-order valence-electron chi connectivity index (χ4n) is 9.19. The van der Waals surface area contributed by atoms with Gasteiger partial charge in [-0.3, -0.25) is 21.7 Å². The second-order valence-electron chi connectivity index (χ2n) is 13.1. The number of nitriles is 1. The van der Waals surface area contributed by atoms with E-state index in [2.05, 4.69) is 46.9 Å². The van der Waals surface area contributed by atoms with Gasteiger partial charge in [0.15, 0.2) is 0 Å². The van der Waals surface area contributed by atoms with Crippen molar-refractivity contribution >= 4 is 0 Å². The molecule has 0 radical (unpaired) electrons. The molecule has 6 fully saturated rings. The van der Waals surface area contributed by atoms with Crippen LogP contribution in [0.4, 0.5) is 0 Å². The summed E-state index contributed by atoms with van der Waals surface area (Å²) in [4.78, 5) is 0. The Kier molecular flexibility index (Phi) is 6.24. The molecule has 3 aliphatic heterocycles. The van der Waals surface area contributed by atoms with Crippen LogP contribution in [0.2, 0.25) is 0 Å². The molecular weight excluding hydrogens is 408 g/mol. The van der Waals surface area contributed by atoms with Crippen molar-refractivity contribution in [3.63, 3.8) is 0 Å². The molecule has 6 aliphatic rings. The van der Waals surface area contributed by atoms with Crippen LogP contribution in [0.3, 0.4) is 0 Å². The lowest BCUT2D eigenvalue weighted by atomic mass is 9.60. The van der Waals surface area contributed by atoms with E-state index in [4.69, 9.17) is 0 Å². The minimum atomic E-state index is -0.176. The van der Waals surface area contributed by atoms with Crippen LogP contribution in [0.5, 0.6) is 0 Å². The molecule has 0 aromatic carbocycles. The lowest BCUT2D eigenvalue weighted by Gasteiger charge is -2.49. The van der Waals surface area contributed by atoms with E-state index in [0.717, 1.165) is 36.1 Å². The highest BCUT2D eigenvalue weighted by molar-refractivity contribution is 5.09. The Morgan fingerprint density at radius 3 is 2.24 bits per heavy atom. The molecule has 3 saturated carbocycles. The first kappa shape index (κ1) is 22.7. The molecule has 3 saturated heterocycles. The van der Waals surface area contributed by atoms with E-state index in [1.807, 2.05) is 0 Å². The van der Waals surface area contributed by atoms with Crippen molar-refractivity contribution in [1.82, 2.24) is 27.0 Å². The highest BCUT2D eigenvalue weighted by Gasteiger charge is 2.53. The maximum absolute atomic E-state index is 9.61. The lowest BCUT2D eigenvalue weighted by Crippen LogP contribution is -2.59. The van der Waals surface area contributed by atoms with Crippen LogP contribution in [-0.4, -0.2) is 36.8 Å². The SMILES string of the molecule is CC(C)(C#N)C1CCC(C2NNC3CNC4CCC(C5NNC6CCCCC65)CC4C32)CC1. The molecule has 33 heavy (non-hydrogen) atoms. The maximum atomic E-state index is 9.61. The number of nitrogens with zero attached hydrogens (tertiary/aromatic N) is 1. The van der Waals surface area contributed by atoms with Crippen LogP contribution in [0, 0.1) is 52.3 Å². The van der Waals surface area contributed by atoms with Crippen molar-refractivity contribution in [3.8, 4) is 6.07 Å². The van der Waals surface area contributed by atoms with Crippen LogP contribution in [0.25, 0.3) is 0 Å². The summed E-state index contributed by atoms with van der Waals surface area (Å²) in [5, 5.41) is 13.5. The Bertz CT molecular complexity index is 739. The van der Waals surface area contributed by atoms with Crippen molar-refractivity contribution in [2.45, 2.75) is 115 Å². The number of rotatable bonds is 3. The predicted molar refractivity (Wildman–Crippen MR) is 131 cm³/mol. The molecule has 9 unspecified atom stereocenters. The zero-order valence-corrected chi connectivity index (χ0v) is 20.8. The molecule has 0 aromatic heterocycles. The van der Waals surface area contributed by atoms with Crippen LogP contribution in [0.15, 0.2) is 0 Å². The van der Waals surface area contributed by atoms with Crippen molar-refractivity contribution in [1.29, 1.82) is 5.26 Å². The topological polar surface area (TPSA) is 83.9 Å². The molecule has 0 aromatic rings. The molecule has 6 heteroatoms. The molecule has 3 aliphatic carbocycles. The van der Waals surface area contributed by atoms with Gasteiger partial charge in [-0.15, -0.1) is 0 Å². The molecule has 184 valence electrons. The fourth-order valence-corrected chi connectivity index (χ4v) is 9.19. The van der Waals surface area contributed by atoms with Gasteiger partial charge in [-0.25, -0.2) is 0 Å². The Morgan fingerprint density at radius 1 is 0.697 bits per heavy atom. The van der Waals surface area contributed by atoms with Gasteiger partial charge in [0.1, 0.15) is 0 Å². The van der Waals surface area contributed by atoms with Crippen LogP contribution < -0.4 is 27.0 Å². The second kappa shape index (κ2) is 9.06. The first-order valence-corrected chi connectivity index (χ1v) is 14.2. The molecule has 5 N–H and O–H groups in total.